The van der Waals surface area contributed by atoms with E-state index in [0.29, 0.717) is 0 Å². The van der Waals surface area contributed by atoms with Gasteiger partial charge in [0.1, 0.15) is 16.0 Å². The molecular weight excluding hydrogens is 498 g/mol. The standard InChI is InChI=1S/C16H12Br2ClFN2O4/c1-7(23)6-21-12-5-10(17)13(14(18)15(12)22(25)26)16(24)9-4-8(20)2-3-11(9)19/h2-5,7,21,23H,6H2,1H3. The Morgan fingerprint density at radius 2 is 2.08 bits per heavy atom. The topological polar surface area (TPSA) is 92.5 Å². The number of benzene rings is 2. The van der Waals surface area contributed by atoms with Gasteiger partial charge in [-0.25, -0.2) is 4.39 Å². The molecule has 6 nitrogen and oxygen atoms in total. The first-order chi connectivity index (χ1) is 12.1. The summed E-state index contributed by atoms with van der Waals surface area (Å²) >= 11 is 12.3. The number of nitrogens with zero attached hydrogens (tertiary/aromatic N) is 1. The Morgan fingerprint density at radius 3 is 2.65 bits per heavy atom. The van der Waals surface area contributed by atoms with Gasteiger partial charge in [0.15, 0.2) is 5.78 Å². The lowest BCUT2D eigenvalue weighted by atomic mass is 10.0. The summed E-state index contributed by atoms with van der Waals surface area (Å²) in [5.41, 5.74) is -0.458. The van der Waals surface area contributed by atoms with Crippen molar-refractivity contribution in [2.45, 2.75) is 13.0 Å². The highest BCUT2D eigenvalue weighted by Gasteiger charge is 2.29. The molecule has 138 valence electrons. The minimum atomic E-state index is -0.737. The fraction of sp³-hybridized carbons (Fsp3) is 0.188. The number of halogens is 4. The summed E-state index contributed by atoms with van der Waals surface area (Å²) in [6.07, 6.45) is -0.737. The Bertz CT molecular complexity index is 893. The number of nitro groups is 1. The zero-order chi connectivity index (χ0) is 19.6. The van der Waals surface area contributed by atoms with Crippen molar-refractivity contribution < 1.29 is 19.2 Å². The number of hydrogen-bond donors (Lipinski definition) is 2. The van der Waals surface area contributed by atoms with Crippen LogP contribution in [0.4, 0.5) is 15.8 Å². The second-order valence-electron chi connectivity index (χ2n) is 5.38. The smallest absolute Gasteiger partial charge is 0.307 e. The molecule has 1 unspecified atom stereocenters. The molecule has 0 aromatic heterocycles. The van der Waals surface area contributed by atoms with Gasteiger partial charge in [0, 0.05) is 16.6 Å². The van der Waals surface area contributed by atoms with Crippen LogP contribution >= 0.6 is 43.5 Å². The van der Waals surface area contributed by atoms with Crippen LogP contribution in [0.1, 0.15) is 22.8 Å². The third-order valence-corrected chi connectivity index (χ3v) is 5.09. The summed E-state index contributed by atoms with van der Waals surface area (Å²) in [5.74, 6) is -1.34. The maximum atomic E-state index is 13.5. The molecule has 26 heavy (non-hydrogen) atoms. The zero-order valence-electron chi connectivity index (χ0n) is 13.2. The molecule has 2 N–H and O–H groups in total. The highest BCUT2D eigenvalue weighted by molar-refractivity contribution is 9.11. The fourth-order valence-electron chi connectivity index (χ4n) is 2.19. The second-order valence-corrected chi connectivity index (χ2v) is 7.44. The molecule has 0 aliphatic heterocycles. The number of hydrogen-bond acceptors (Lipinski definition) is 5. The molecule has 0 amide bonds. The number of ketones is 1. The van der Waals surface area contributed by atoms with E-state index in [-0.39, 0.29) is 43.0 Å². The molecule has 0 heterocycles. The molecule has 0 radical (unpaired) electrons. The molecular formula is C16H12Br2ClFN2O4. The van der Waals surface area contributed by atoms with Gasteiger partial charge in [0.05, 0.1) is 21.6 Å². The number of rotatable bonds is 6. The summed E-state index contributed by atoms with van der Waals surface area (Å²) < 4.78 is 13.7. The average Bonchev–Trinajstić information content (AvgIpc) is 2.54. The lowest BCUT2D eigenvalue weighted by Gasteiger charge is -2.14. The van der Waals surface area contributed by atoms with Gasteiger partial charge >= 0.3 is 5.69 Å². The molecule has 0 spiro atoms. The van der Waals surface area contributed by atoms with E-state index in [0.717, 1.165) is 12.1 Å². The van der Waals surface area contributed by atoms with E-state index < -0.39 is 22.6 Å². The highest BCUT2D eigenvalue weighted by atomic mass is 79.9. The number of nitro benzene ring substituents is 1. The Labute approximate surface area is 169 Å². The van der Waals surface area contributed by atoms with Crippen LogP contribution in [0.25, 0.3) is 0 Å². The van der Waals surface area contributed by atoms with E-state index >= 15 is 0 Å². The number of aliphatic hydroxyl groups is 1. The Kier molecular flexibility index (Phi) is 6.73. The molecule has 0 saturated carbocycles. The average molecular weight is 511 g/mol. The molecule has 0 saturated heterocycles. The van der Waals surface area contributed by atoms with E-state index in [1.807, 2.05) is 0 Å². The van der Waals surface area contributed by atoms with Crippen molar-refractivity contribution in [3.05, 3.63) is 65.3 Å². The van der Waals surface area contributed by atoms with E-state index in [1.165, 1.54) is 19.1 Å². The maximum Gasteiger partial charge on any atom is 0.307 e. The number of nitrogens with one attached hydrogen (secondary N) is 1. The number of aliphatic hydroxyl groups excluding tert-OH is 1. The van der Waals surface area contributed by atoms with Crippen molar-refractivity contribution in [1.29, 1.82) is 0 Å². The minimum Gasteiger partial charge on any atom is -0.392 e. The van der Waals surface area contributed by atoms with Gasteiger partial charge < -0.3 is 10.4 Å². The second kappa shape index (κ2) is 8.43. The van der Waals surface area contributed by atoms with Crippen molar-refractivity contribution in [2.75, 3.05) is 11.9 Å². The molecule has 0 bridgehead atoms. The first-order valence-electron chi connectivity index (χ1n) is 7.21. The number of carbonyl (C=O) groups excluding carboxylic acids is 1. The van der Waals surface area contributed by atoms with Crippen LogP contribution in [0.2, 0.25) is 5.02 Å². The monoisotopic (exact) mass is 508 g/mol. The van der Waals surface area contributed by atoms with Crippen LogP contribution in [0.3, 0.4) is 0 Å². The molecule has 2 aromatic carbocycles. The lowest BCUT2D eigenvalue weighted by molar-refractivity contribution is -0.384. The minimum absolute atomic E-state index is 0.0224. The van der Waals surface area contributed by atoms with Crippen molar-refractivity contribution in [1.82, 2.24) is 0 Å². The molecule has 0 fully saturated rings. The Balaban J connectivity index is 2.62. The van der Waals surface area contributed by atoms with Gasteiger partial charge in [0.25, 0.3) is 0 Å². The molecule has 1 atom stereocenters. The summed E-state index contributed by atoms with van der Waals surface area (Å²) in [4.78, 5) is 23.6. The van der Waals surface area contributed by atoms with E-state index in [9.17, 15) is 24.4 Å². The zero-order valence-corrected chi connectivity index (χ0v) is 17.2. The van der Waals surface area contributed by atoms with Gasteiger partial charge in [-0.3, -0.25) is 14.9 Å². The Morgan fingerprint density at radius 1 is 1.42 bits per heavy atom. The molecule has 0 aliphatic carbocycles. The quantitative estimate of drug-likeness (QED) is 0.326. The van der Waals surface area contributed by atoms with E-state index in [4.69, 9.17) is 11.6 Å². The Hall–Kier alpha value is -1.55. The summed E-state index contributed by atoms with van der Waals surface area (Å²) in [6.45, 7) is 1.59. The van der Waals surface area contributed by atoms with Crippen LogP contribution in [0.5, 0.6) is 0 Å². The molecule has 2 aromatic rings. The van der Waals surface area contributed by atoms with Gasteiger partial charge in [0.2, 0.25) is 0 Å². The van der Waals surface area contributed by atoms with Crippen molar-refractivity contribution in [3.8, 4) is 0 Å². The number of carbonyl (C=O) groups is 1. The van der Waals surface area contributed by atoms with E-state index in [1.54, 1.807) is 0 Å². The van der Waals surface area contributed by atoms with Crippen LogP contribution < -0.4 is 5.32 Å². The van der Waals surface area contributed by atoms with E-state index in [2.05, 4.69) is 37.2 Å². The normalized spacial score (nSPS) is 11.9. The van der Waals surface area contributed by atoms with Crippen molar-refractivity contribution >= 4 is 60.6 Å². The largest absolute Gasteiger partial charge is 0.392 e. The fourth-order valence-corrected chi connectivity index (χ4v) is 4.02. The van der Waals surface area contributed by atoms with Gasteiger partial charge in [-0.05, 0) is 63.0 Å². The predicted octanol–water partition coefficient (Wildman–Crippen LogP) is 4.94. The summed E-state index contributed by atoms with van der Waals surface area (Å²) in [6, 6.07) is 4.66. The summed E-state index contributed by atoms with van der Waals surface area (Å²) in [5, 5.41) is 23.6. The molecule has 0 aliphatic rings. The maximum absolute atomic E-state index is 13.5. The number of anilines is 1. The van der Waals surface area contributed by atoms with Gasteiger partial charge in [-0.15, -0.1) is 0 Å². The van der Waals surface area contributed by atoms with Crippen molar-refractivity contribution in [2.24, 2.45) is 0 Å². The lowest BCUT2D eigenvalue weighted by Crippen LogP contribution is -2.17. The highest BCUT2D eigenvalue weighted by Crippen LogP contribution is 2.41. The third-order valence-electron chi connectivity index (χ3n) is 3.36. The van der Waals surface area contributed by atoms with Gasteiger partial charge in [-0.1, -0.05) is 11.6 Å². The third kappa shape index (κ3) is 4.40. The van der Waals surface area contributed by atoms with Crippen LogP contribution in [0.15, 0.2) is 33.2 Å². The summed E-state index contributed by atoms with van der Waals surface area (Å²) in [7, 11) is 0. The predicted molar refractivity (Wildman–Crippen MR) is 104 cm³/mol. The first kappa shape index (κ1) is 20.8. The van der Waals surface area contributed by atoms with Crippen molar-refractivity contribution in [3.63, 3.8) is 0 Å². The SMILES string of the molecule is CC(O)CNc1cc(Br)c(C(=O)c2cc(F)ccc2Cl)c(Br)c1[N+](=O)[O-]. The van der Waals surface area contributed by atoms with Crippen LogP contribution in [-0.2, 0) is 0 Å². The van der Waals surface area contributed by atoms with Crippen LogP contribution in [-0.4, -0.2) is 28.5 Å². The van der Waals surface area contributed by atoms with Crippen LogP contribution in [0, 0.1) is 15.9 Å². The molecule has 10 heteroatoms. The van der Waals surface area contributed by atoms with Gasteiger partial charge in [-0.2, -0.15) is 0 Å². The molecule has 2 rings (SSSR count). The first-order valence-corrected chi connectivity index (χ1v) is 9.18.